The van der Waals surface area contributed by atoms with Gasteiger partial charge in [0.1, 0.15) is 28.6 Å². The lowest BCUT2D eigenvalue weighted by Crippen LogP contribution is -2.39. The van der Waals surface area contributed by atoms with Gasteiger partial charge in [0.15, 0.2) is 11.2 Å². The molecule has 0 amide bonds. The Balaban J connectivity index is 2.25. The van der Waals surface area contributed by atoms with Crippen LogP contribution in [0.2, 0.25) is 0 Å². The van der Waals surface area contributed by atoms with Crippen LogP contribution < -0.4 is 10.2 Å². The third-order valence-electron chi connectivity index (χ3n) is 5.81. The molecule has 0 N–H and O–H groups in total. The van der Waals surface area contributed by atoms with Crippen molar-refractivity contribution in [2.75, 3.05) is 13.7 Å². The van der Waals surface area contributed by atoms with Crippen LogP contribution in [0.4, 0.5) is 0 Å². The number of fused-ring (bicyclic) bond motifs is 1. The Morgan fingerprint density at radius 2 is 1.66 bits per heavy atom. The molecule has 0 saturated heterocycles. The van der Waals surface area contributed by atoms with Crippen molar-refractivity contribution in [2.24, 2.45) is 0 Å². The Hall–Kier alpha value is -2.82. The molecule has 0 fully saturated rings. The van der Waals surface area contributed by atoms with E-state index in [1.165, 1.54) is 6.07 Å². The van der Waals surface area contributed by atoms with Crippen LogP contribution in [0.25, 0.3) is 11.3 Å². The van der Waals surface area contributed by atoms with Crippen molar-refractivity contribution < 1.29 is 18.7 Å². The average Bonchev–Trinajstić information content (AvgIpc) is 2.74. The predicted octanol–water partition coefficient (Wildman–Crippen LogP) is 5.27. The van der Waals surface area contributed by atoms with Gasteiger partial charge in [-0.1, -0.05) is 20.8 Å². The number of methoxy groups -OCH3 is 1. The fourth-order valence-corrected chi connectivity index (χ4v) is 4.25. The monoisotopic (exact) mass is 396 g/mol. The maximum Gasteiger partial charge on any atom is 0.199 e. The first-order chi connectivity index (χ1) is 14.0. The van der Waals surface area contributed by atoms with E-state index in [0.717, 1.165) is 11.3 Å². The van der Waals surface area contributed by atoms with Gasteiger partial charge in [0.25, 0.3) is 0 Å². The molecule has 0 bridgehead atoms. The van der Waals surface area contributed by atoms with Crippen LogP contribution in [-0.4, -0.2) is 19.5 Å². The number of rotatable bonds is 7. The lowest BCUT2D eigenvalue weighted by Gasteiger charge is -2.37. The molecule has 5 nitrogen and oxygen atoms in total. The van der Waals surface area contributed by atoms with E-state index in [1.807, 2.05) is 52.0 Å². The summed E-state index contributed by atoms with van der Waals surface area (Å²) >= 11 is 0. The van der Waals surface area contributed by atoms with Gasteiger partial charge in [-0.25, -0.2) is 0 Å². The second-order valence-electron chi connectivity index (χ2n) is 7.12. The number of benzene rings is 1. The molecule has 1 aliphatic carbocycles. The minimum Gasteiger partial charge on any atom is -0.500 e. The highest BCUT2D eigenvalue weighted by Crippen LogP contribution is 2.47. The standard InChI is InChI=1S/C24H28O5/c1-6-17-21(26)20-18(25)14-19(15-10-12-16(13-11-15)28-9-4)29-23(20)24(7-2,8-3)22(17)27-5/h10-14H,6-9H2,1-5H3. The molecule has 1 aromatic carbocycles. The molecule has 0 radical (unpaired) electrons. The second-order valence-corrected chi connectivity index (χ2v) is 7.12. The van der Waals surface area contributed by atoms with Crippen molar-refractivity contribution >= 4 is 5.78 Å². The summed E-state index contributed by atoms with van der Waals surface area (Å²) in [7, 11) is 1.58. The molecule has 2 aromatic rings. The first kappa shape index (κ1) is 20.9. The summed E-state index contributed by atoms with van der Waals surface area (Å²) in [6.45, 7) is 8.46. The summed E-state index contributed by atoms with van der Waals surface area (Å²) in [5.41, 5.74) is 0.508. The lowest BCUT2D eigenvalue weighted by atomic mass is 9.69. The van der Waals surface area contributed by atoms with Gasteiger partial charge in [-0.2, -0.15) is 0 Å². The molecule has 3 rings (SSSR count). The van der Waals surface area contributed by atoms with Gasteiger partial charge in [0, 0.05) is 17.2 Å². The van der Waals surface area contributed by atoms with Crippen LogP contribution in [0, 0.1) is 0 Å². The molecule has 1 aromatic heterocycles. The summed E-state index contributed by atoms with van der Waals surface area (Å²) < 4.78 is 17.5. The topological polar surface area (TPSA) is 65.7 Å². The van der Waals surface area contributed by atoms with Crippen LogP contribution in [0.1, 0.15) is 63.1 Å². The van der Waals surface area contributed by atoms with Crippen LogP contribution >= 0.6 is 0 Å². The van der Waals surface area contributed by atoms with E-state index >= 15 is 0 Å². The number of ketones is 1. The summed E-state index contributed by atoms with van der Waals surface area (Å²) in [6.07, 6.45) is 1.82. The van der Waals surface area contributed by atoms with Crippen LogP contribution in [-0.2, 0) is 10.2 Å². The average molecular weight is 396 g/mol. The third-order valence-corrected chi connectivity index (χ3v) is 5.81. The zero-order valence-corrected chi connectivity index (χ0v) is 17.8. The van der Waals surface area contributed by atoms with E-state index in [9.17, 15) is 9.59 Å². The van der Waals surface area contributed by atoms with E-state index in [0.29, 0.717) is 48.7 Å². The molecule has 1 aliphatic rings. The fraction of sp³-hybridized carbons (Fsp3) is 0.417. The van der Waals surface area contributed by atoms with Crippen molar-refractivity contribution in [1.29, 1.82) is 0 Å². The molecule has 1 heterocycles. The highest BCUT2D eigenvalue weighted by Gasteiger charge is 2.47. The van der Waals surface area contributed by atoms with E-state index in [2.05, 4.69) is 0 Å². The van der Waals surface area contributed by atoms with Gasteiger partial charge in [0.05, 0.1) is 19.1 Å². The van der Waals surface area contributed by atoms with Crippen molar-refractivity contribution in [3.05, 3.63) is 63.2 Å². The highest BCUT2D eigenvalue weighted by molar-refractivity contribution is 6.11. The first-order valence-corrected chi connectivity index (χ1v) is 10.2. The van der Waals surface area contributed by atoms with Crippen LogP contribution in [0.5, 0.6) is 5.75 Å². The Morgan fingerprint density at radius 1 is 1.00 bits per heavy atom. The van der Waals surface area contributed by atoms with Crippen LogP contribution in [0.15, 0.2) is 50.9 Å². The molecular formula is C24H28O5. The zero-order valence-electron chi connectivity index (χ0n) is 17.8. The maximum absolute atomic E-state index is 13.1. The Kier molecular flexibility index (Phi) is 5.96. The van der Waals surface area contributed by atoms with E-state index < -0.39 is 5.41 Å². The zero-order chi connectivity index (χ0) is 21.2. The fourth-order valence-electron chi connectivity index (χ4n) is 4.25. The molecule has 0 saturated carbocycles. The summed E-state index contributed by atoms with van der Waals surface area (Å²) in [4.78, 5) is 26.2. The van der Waals surface area contributed by atoms with Crippen LogP contribution in [0.3, 0.4) is 0 Å². The molecule has 154 valence electrons. The van der Waals surface area contributed by atoms with E-state index in [4.69, 9.17) is 13.9 Å². The Labute approximate surface area is 171 Å². The molecule has 5 heteroatoms. The Bertz CT molecular complexity index is 991. The molecular weight excluding hydrogens is 368 g/mol. The lowest BCUT2D eigenvalue weighted by molar-refractivity contribution is 0.0975. The van der Waals surface area contributed by atoms with Crippen molar-refractivity contribution in [3.63, 3.8) is 0 Å². The molecule has 29 heavy (non-hydrogen) atoms. The van der Waals surface area contributed by atoms with Crippen molar-refractivity contribution in [2.45, 2.75) is 52.4 Å². The van der Waals surface area contributed by atoms with Gasteiger partial charge in [-0.3, -0.25) is 9.59 Å². The maximum atomic E-state index is 13.1. The minimum absolute atomic E-state index is 0.140. The SMILES string of the molecule is CCOc1ccc(-c2cc(=O)c3c(o2)C(CC)(CC)C(OC)=C(CC)C3=O)cc1. The first-order valence-electron chi connectivity index (χ1n) is 10.2. The number of Topliss-reactive ketones (excluding diaryl/α,β-unsaturated/α-hetero) is 1. The number of hydrogen-bond acceptors (Lipinski definition) is 5. The predicted molar refractivity (Wildman–Crippen MR) is 112 cm³/mol. The summed E-state index contributed by atoms with van der Waals surface area (Å²) in [5.74, 6) is 1.93. The van der Waals surface area contributed by atoms with Gasteiger partial charge in [-0.05, 0) is 50.5 Å². The summed E-state index contributed by atoms with van der Waals surface area (Å²) in [5, 5.41) is 0. The normalized spacial score (nSPS) is 15.3. The third kappa shape index (κ3) is 3.28. The van der Waals surface area contributed by atoms with Gasteiger partial charge in [-0.15, -0.1) is 0 Å². The number of ether oxygens (including phenoxy) is 2. The minimum atomic E-state index is -0.635. The smallest absolute Gasteiger partial charge is 0.199 e. The number of allylic oxidation sites excluding steroid dienone is 2. The molecule has 0 aliphatic heterocycles. The van der Waals surface area contributed by atoms with Crippen molar-refractivity contribution in [3.8, 4) is 17.1 Å². The largest absolute Gasteiger partial charge is 0.500 e. The van der Waals surface area contributed by atoms with E-state index in [-0.39, 0.29) is 16.8 Å². The van der Waals surface area contributed by atoms with E-state index in [1.54, 1.807) is 7.11 Å². The van der Waals surface area contributed by atoms with Crippen molar-refractivity contribution in [1.82, 2.24) is 0 Å². The quantitative estimate of drug-likeness (QED) is 0.638. The molecule has 0 unspecified atom stereocenters. The number of carbonyl (C=O) groups excluding carboxylic acids is 1. The van der Waals surface area contributed by atoms with Gasteiger partial charge in [0.2, 0.25) is 0 Å². The number of hydrogen-bond donors (Lipinski definition) is 0. The second kappa shape index (κ2) is 8.27. The Morgan fingerprint density at radius 3 is 2.17 bits per heavy atom. The van der Waals surface area contributed by atoms with Gasteiger partial charge < -0.3 is 13.9 Å². The summed E-state index contributed by atoms with van der Waals surface area (Å²) in [6, 6.07) is 8.79. The molecule has 0 atom stereocenters. The number of carbonyl (C=O) groups is 1. The van der Waals surface area contributed by atoms with Gasteiger partial charge >= 0.3 is 0 Å². The molecule has 0 spiro atoms. The highest BCUT2D eigenvalue weighted by atomic mass is 16.5.